The van der Waals surface area contributed by atoms with Crippen molar-refractivity contribution in [3.63, 3.8) is 0 Å². The molecule has 0 saturated heterocycles. The van der Waals surface area contributed by atoms with Crippen molar-refractivity contribution in [2.75, 3.05) is 26.1 Å². The van der Waals surface area contributed by atoms with E-state index in [1.54, 1.807) is 0 Å². The maximum Gasteiger partial charge on any atom is 0.0713 e. The van der Waals surface area contributed by atoms with Gasteiger partial charge < -0.3 is 10.6 Å². The first-order valence-corrected chi connectivity index (χ1v) is 2.86. The van der Waals surface area contributed by atoms with Gasteiger partial charge in [0.2, 0.25) is 0 Å². The smallest absolute Gasteiger partial charge is 0.0713 e. The third-order valence-electron chi connectivity index (χ3n) is 0.646. The highest BCUT2D eigenvalue weighted by Gasteiger charge is 1.76. The molecule has 0 heterocycles. The molecule has 0 atom stereocenters. The molecule has 0 spiro atoms. The third-order valence-corrected chi connectivity index (χ3v) is 0.835. The normalized spacial score (nSPS) is 9.43. The van der Waals surface area contributed by atoms with Crippen LogP contribution in [-0.2, 0) is 0 Å². The fraction of sp³-hybridized carbons (Fsp3) is 1.00. The highest BCUT2D eigenvalue weighted by Crippen LogP contribution is 1.62. The van der Waals surface area contributed by atoms with E-state index in [4.69, 9.17) is 11.6 Å². The van der Waals surface area contributed by atoms with Gasteiger partial charge in [0.15, 0.2) is 0 Å². The molecule has 0 aliphatic carbocycles. The van der Waals surface area contributed by atoms with Crippen LogP contribution in [0.3, 0.4) is 0 Å². The van der Waals surface area contributed by atoms with E-state index in [9.17, 15) is 0 Å². The van der Waals surface area contributed by atoms with E-state index in [0.717, 1.165) is 13.1 Å². The van der Waals surface area contributed by atoms with Crippen LogP contribution in [0, 0.1) is 0 Å². The van der Waals surface area contributed by atoms with E-state index < -0.39 is 0 Å². The molecule has 3 heteroatoms. The van der Waals surface area contributed by atoms with Crippen LogP contribution in [0.15, 0.2) is 0 Å². The van der Waals surface area contributed by atoms with Crippen LogP contribution >= 0.6 is 11.6 Å². The molecular formula is C4H11ClN2. The van der Waals surface area contributed by atoms with Gasteiger partial charge in [-0.1, -0.05) is 0 Å². The molecule has 0 rings (SSSR count). The topological polar surface area (TPSA) is 24.1 Å². The van der Waals surface area contributed by atoms with Crippen molar-refractivity contribution < 1.29 is 0 Å². The van der Waals surface area contributed by atoms with E-state index >= 15 is 0 Å². The summed E-state index contributed by atoms with van der Waals surface area (Å²) in [6.07, 6.45) is 0. The third kappa shape index (κ3) is 6.21. The van der Waals surface area contributed by atoms with Gasteiger partial charge in [-0.25, -0.2) is 0 Å². The quantitative estimate of drug-likeness (QED) is 0.312. The molecule has 44 valence electrons. The van der Waals surface area contributed by atoms with Crippen LogP contribution < -0.4 is 10.6 Å². The molecule has 2 N–H and O–H groups in total. The Bertz CT molecular complexity index is 28.9. The number of hydrogen-bond donors (Lipinski definition) is 2. The second-order valence-corrected chi connectivity index (χ2v) is 1.50. The summed E-state index contributed by atoms with van der Waals surface area (Å²) < 4.78 is 0. The second-order valence-electron chi connectivity index (χ2n) is 1.24. The molecule has 0 radical (unpaired) electrons. The Morgan fingerprint density at radius 3 is 2.57 bits per heavy atom. The Kier molecular flexibility index (Phi) is 6.40. The summed E-state index contributed by atoms with van der Waals surface area (Å²) in [6.45, 7) is 1.92. The summed E-state index contributed by atoms with van der Waals surface area (Å²) >= 11 is 5.30. The molecule has 0 aromatic heterocycles. The second kappa shape index (κ2) is 6.21. The lowest BCUT2D eigenvalue weighted by Crippen LogP contribution is -2.23. The van der Waals surface area contributed by atoms with Gasteiger partial charge in [0, 0.05) is 13.1 Å². The average molecular weight is 123 g/mol. The molecule has 0 bridgehead atoms. The van der Waals surface area contributed by atoms with Crippen LogP contribution in [0.4, 0.5) is 0 Å². The number of rotatable bonds is 4. The zero-order valence-corrected chi connectivity index (χ0v) is 5.26. The lowest BCUT2D eigenvalue weighted by molar-refractivity contribution is 0.705. The molecule has 0 aromatic rings. The van der Waals surface area contributed by atoms with E-state index in [0.29, 0.717) is 6.00 Å². The van der Waals surface area contributed by atoms with E-state index in [2.05, 4.69) is 10.6 Å². The number of likely N-dealkylation sites (N-methyl/N-ethyl adjacent to an activating group) is 1. The van der Waals surface area contributed by atoms with Crippen LogP contribution in [0.5, 0.6) is 0 Å². The van der Waals surface area contributed by atoms with Crippen molar-refractivity contribution in [2.24, 2.45) is 0 Å². The summed E-state index contributed by atoms with van der Waals surface area (Å²) in [5, 5.41) is 5.93. The van der Waals surface area contributed by atoms with Gasteiger partial charge in [0.25, 0.3) is 0 Å². The molecule has 2 nitrogen and oxygen atoms in total. The molecule has 0 aliphatic heterocycles. The monoisotopic (exact) mass is 122 g/mol. The Hall–Kier alpha value is 0.210. The van der Waals surface area contributed by atoms with E-state index in [-0.39, 0.29) is 0 Å². The van der Waals surface area contributed by atoms with Crippen molar-refractivity contribution in [1.29, 1.82) is 0 Å². The fourth-order valence-corrected chi connectivity index (χ4v) is 0.414. The van der Waals surface area contributed by atoms with Gasteiger partial charge in [0.1, 0.15) is 0 Å². The van der Waals surface area contributed by atoms with Crippen molar-refractivity contribution in [3.8, 4) is 0 Å². The first-order valence-electron chi connectivity index (χ1n) is 2.33. The lowest BCUT2D eigenvalue weighted by Gasteiger charge is -1.95. The molecule has 0 aromatic carbocycles. The highest BCUT2D eigenvalue weighted by atomic mass is 35.5. The highest BCUT2D eigenvalue weighted by molar-refractivity contribution is 6.17. The van der Waals surface area contributed by atoms with Gasteiger partial charge in [-0.15, -0.1) is 11.6 Å². The zero-order valence-electron chi connectivity index (χ0n) is 4.50. The van der Waals surface area contributed by atoms with Gasteiger partial charge in [-0.2, -0.15) is 0 Å². The fourth-order valence-electron chi connectivity index (χ4n) is 0.280. The number of halogens is 1. The Morgan fingerprint density at radius 1 is 1.43 bits per heavy atom. The summed E-state index contributed by atoms with van der Waals surface area (Å²) in [5.41, 5.74) is 0. The van der Waals surface area contributed by atoms with Crippen LogP contribution in [0.1, 0.15) is 0 Å². The summed E-state index contributed by atoms with van der Waals surface area (Å²) in [7, 11) is 1.91. The molecule has 7 heavy (non-hydrogen) atoms. The Labute approximate surface area is 49.2 Å². The molecule has 0 saturated carbocycles. The minimum absolute atomic E-state index is 0.543. The maximum absolute atomic E-state index is 5.30. The van der Waals surface area contributed by atoms with Crippen molar-refractivity contribution in [3.05, 3.63) is 0 Å². The molecule has 0 amide bonds. The van der Waals surface area contributed by atoms with Gasteiger partial charge >= 0.3 is 0 Å². The predicted octanol–water partition coefficient (Wildman–Crippen LogP) is -0.00830. The molecule has 0 unspecified atom stereocenters. The minimum Gasteiger partial charge on any atom is -0.318 e. The lowest BCUT2D eigenvalue weighted by atomic mass is 10.6. The standard InChI is InChI=1S/C4H11ClN2/c1-6-2-3-7-4-5/h6-7H,2-4H2,1H3. The van der Waals surface area contributed by atoms with E-state index in [1.807, 2.05) is 7.05 Å². The minimum atomic E-state index is 0.543. The largest absolute Gasteiger partial charge is 0.318 e. The first kappa shape index (κ1) is 7.21. The van der Waals surface area contributed by atoms with Gasteiger partial charge in [-0.05, 0) is 7.05 Å². The van der Waals surface area contributed by atoms with Crippen LogP contribution in [0.25, 0.3) is 0 Å². The molecular weight excluding hydrogens is 112 g/mol. The zero-order chi connectivity index (χ0) is 5.54. The number of hydrogen-bond acceptors (Lipinski definition) is 2. The van der Waals surface area contributed by atoms with Crippen LogP contribution in [0.2, 0.25) is 0 Å². The van der Waals surface area contributed by atoms with Crippen molar-refractivity contribution >= 4 is 11.6 Å². The van der Waals surface area contributed by atoms with Crippen LogP contribution in [-0.4, -0.2) is 26.1 Å². The molecule has 0 aliphatic rings. The Balaban J connectivity index is 2.45. The Morgan fingerprint density at radius 2 is 2.14 bits per heavy atom. The molecule has 0 fully saturated rings. The van der Waals surface area contributed by atoms with Crippen molar-refractivity contribution in [1.82, 2.24) is 10.6 Å². The summed E-state index contributed by atoms with van der Waals surface area (Å²) in [4.78, 5) is 0. The first-order chi connectivity index (χ1) is 3.41. The average Bonchev–Trinajstić information content (AvgIpc) is 1.69. The van der Waals surface area contributed by atoms with Gasteiger partial charge in [0.05, 0.1) is 6.00 Å². The van der Waals surface area contributed by atoms with Crippen molar-refractivity contribution in [2.45, 2.75) is 0 Å². The summed E-state index contributed by atoms with van der Waals surface area (Å²) in [6, 6.07) is 0.543. The number of nitrogens with one attached hydrogen (secondary N) is 2. The SMILES string of the molecule is CNCCNCCl. The summed E-state index contributed by atoms with van der Waals surface area (Å²) in [5.74, 6) is 0. The van der Waals surface area contributed by atoms with E-state index in [1.165, 1.54) is 0 Å². The predicted molar refractivity (Wildman–Crippen MR) is 32.6 cm³/mol. The number of alkyl halides is 1. The maximum atomic E-state index is 5.30. The van der Waals surface area contributed by atoms with Gasteiger partial charge in [-0.3, -0.25) is 0 Å².